The van der Waals surface area contributed by atoms with E-state index >= 15 is 0 Å². The maximum Gasteiger partial charge on any atom is 0.0462 e. The molecule has 0 heterocycles. The van der Waals surface area contributed by atoms with Crippen LogP contribution < -0.4 is 10.6 Å². The first-order valence-corrected chi connectivity index (χ1v) is 8.86. The summed E-state index contributed by atoms with van der Waals surface area (Å²) >= 11 is 3.55. The second kappa shape index (κ2) is 7.19. The van der Waals surface area contributed by atoms with Crippen molar-refractivity contribution in [2.24, 2.45) is 0 Å². The van der Waals surface area contributed by atoms with Gasteiger partial charge in [-0.15, -0.1) is 0 Å². The Hall–Kier alpha value is -1.48. The molecular weight excluding hydrogens is 336 g/mol. The summed E-state index contributed by atoms with van der Waals surface area (Å²) in [4.78, 5) is 0. The average Bonchev–Trinajstić information content (AvgIpc) is 2.51. The Morgan fingerprint density at radius 2 is 1.64 bits per heavy atom. The highest BCUT2D eigenvalue weighted by molar-refractivity contribution is 9.10. The van der Waals surface area contributed by atoms with Gasteiger partial charge in [0.1, 0.15) is 0 Å². The maximum absolute atomic E-state index is 3.76. The molecule has 2 atom stereocenters. The van der Waals surface area contributed by atoms with Crippen LogP contribution in [0.25, 0.3) is 0 Å². The van der Waals surface area contributed by atoms with Gasteiger partial charge in [-0.2, -0.15) is 0 Å². The van der Waals surface area contributed by atoms with E-state index in [0.717, 1.165) is 4.47 Å². The predicted octanol–water partition coefficient (Wildman–Crippen LogP) is 5.59. The molecular formula is C19H23BrN2. The van der Waals surface area contributed by atoms with Gasteiger partial charge in [-0.1, -0.05) is 53.0 Å². The minimum atomic E-state index is 0.475. The van der Waals surface area contributed by atoms with E-state index in [1.807, 2.05) is 0 Å². The lowest BCUT2D eigenvalue weighted by Crippen LogP contribution is -2.41. The molecule has 0 aliphatic heterocycles. The lowest BCUT2D eigenvalue weighted by Gasteiger charge is -2.34. The zero-order chi connectivity index (χ0) is 15.4. The smallest absolute Gasteiger partial charge is 0.0462 e. The van der Waals surface area contributed by atoms with Gasteiger partial charge in [0.15, 0.2) is 0 Å². The second-order valence-corrected chi connectivity index (χ2v) is 7.03. The topological polar surface area (TPSA) is 24.1 Å². The Balaban J connectivity index is 1.72. The minimum absolute atomic E-state index is 0.475. The Bertz CT molecular complexity index is 626. The van der Waals surface area contributed by atoms with Crippen molar-refractivity contribution >= 4 is 27.3 Å². The van der Waals surface area contributed by atoms with Crippen LogP contribution in [0.3, 0.4) is 0 Å². The number of para-hydroxylation sites is 1. The predicted molar refractivity (Wildman–Crippen MR) is 98.6 cm³/mol. The van der Waals surface area contributed by atoms with Crippen LogP contribution in [-0.4, -0.2) is 12.1 Å². The quantitative estimate of drug-likeness (QED) is 0.743. The summed E-state index contributed by atoms with van der Waals surface area (Å²) in [5, 5.41) is 7.48. The normalized spacial score (nSPS) is 21.4. The average molecular weight is 359 g/mol. The van der Waals surface area contributed by atoms with Gasteiger partial charge in [0, 0.05) is 27.9 Å². The number of rotatable bonds is 4. The fourth-order valence-electron chi connectivity index (χ4n) is 3.20. The van der Waals surface area contributed by atoms with Gasteiger partial charge >= 0.3 is 0 Å². The van der Waals surface area contributed by atoms with Crippen LogP contribution in [0.4, 0.5) is 11.4 Å². The molecule has 2 aromatic rings. The van der Waals surface area contributed by atoms with Gasteiger partial charge in [0.2, 0.25) is 0 Å². The summed E-state index contributed by atoms with van der Waals surface area (Å²) in [7, 11) is 0. The van der Waals surface area contributed by atoms with E-state index < -0.39 is 0 Å². The Labute approximate surface area is 141 Å². The summed E-state index contributed by atoms with van der Waals surface area (Å²) < 4.78 is 1.12. The van der Waals surface area contributed by atoms with E-state index in [0.29, 0.717) is 12.1 Å². The third kappa shape index (κ3) is 3.83. The molecule has 2 nitrogen and oxygen atoms in total. The monoisotopic (exact) mass is 358 g/mol. The highest BCUT2D eigenvalue weighted by Gasteiger charge is 2.25. The summed E-state index contributed by atoms with van der Waals surface area (Å²) in [5.74, 6) is 0. The number of halogens is 1. The van der Waals surface area contributed by atoms with E-state index in [9.17, 15) is 0 Å². The van der Waals surface area contributed by atoms with Gasteiger partial charge in [0.25, 0.3) is 0 Å². The first-order chi connectivity index (χ1) is 10.7. The van der Waals surface area contributed by atoms with Crippen molar-refractivity contribution in [1.29, 1.82) is 0 Å². The Morgan fingerprint density at radius 3 is 2.36 bits per heavy atom. The van der Waals surface area contributed by atoms with E-state index in [1.54, 1.807) is 0 Å². The zero-order valence-electron chi connectivity index (χ0n) is 13.0. The van der Waals surface area contributed by atoms with Crippen LogP contribution in [0.1, 0.15) is 31.2 Å². The first-order valence-electron chi connectivity index (χ1n) is 8.06. The second-order valence-electron chi connectivity index (χ2n) is 6.11. The molecule has 0 aromatic heterocycles. The number of nitrogens with one attached hydrogen (secondary N) is 2. The molecule has 0 unspecified atom stereocenters. The molecule has 0 bridgehead atoms. The number of anilines is 2. The van der Waals surface area contributed by atoms with Gasteiger partial charge in [0.05, 0.1) is 0 Å². The molecule has 3 rings (SSSR count). The standard InChI is InChI=1S/C19H23BrN2/c1-14-7-2-3-10-17(14)22-19-12-5-4-11-18(19)21-16-9-6-8-15(20)13-16/h2-3,6-10,13,18-19,21-22H,4-5,11-12H2,1H3/t18-,19-/m1/s1. The lowest BCUT2D eigenvalue weighted by atomic mass is 9.89. The van der Waals surface area contributed by atoms with Crippen molar-refractivity contribution in [2.45, 2.75) is 44.7 Å². The van der Waals surface area contributed by atoms with Crippen molar-refractivity contribution in [2.75, 3.05) is 10.6 Å². The van der Waals surface area contributed by atoms with Crippen molar-refractivity contribution in [3.8, 4) is 0 Å². The van der Waals surface area contributed by atoms with Crippen molar-refractivity contribution in [3.63, 3.8) is 0 Å². The van der Waals surface area contributed by atoms with E-state index in [-0.39, 0.29) is 0 Å². The number of aryl methyl sites for hydroxylation is 1. The molecule has 0 spiro atoms. The van der Waals surface area contributed by atoms with Gasteiger partial charge < -0.3 is 10.6 Å². The zero-order valence-corrected chi connectivity index (χ0v) is 14.6. The molecule has 116 valence electrons. The van der Waals surface area contributed by atoms with E-state index in [1.165, 1.54) is 42.6 Å². The van der Waals surface area contributed by atoms with Crippen LogP contribution in [0.5, 0.6) is 0 Å². The first kappa shape index (κ1) is 15.4. The van der Waals surface area contributed by atoms with Gasteiger partial charge in [-0.05, 0) is 49.6 Å². The van der Waals surface area contributed by atoms with Crippen LogP contribution >= 0.6 is 15.9 Å². The molecule has 0 radical (unpaired) electrons. The number of hydrogen-bond donors (Lipinski definition) is 2. The van der Waals surface area contributed by atoms with E-state index in [2.05, 4.69) is 82.0 Å². The minimum Gasteiger partial charge on any atom is -0.380 e. The highest BCUT2D eigenvalue weighted by atomic mass is 79.9. The van der Waals surface area contributed by atoms with Crippen molar-refractivity contribution in [1.82, 2.24) is 0 Å². The van der Waals surface area contributed by atoms with Crippen molar-refractivity contribution in [3.05, 3.63) is 58.6 Å². The van der Waals surface area contributed by atoms with Crippen molar-refractivity contribution < 1.29 is 0 Å². The molecule has 0 saturated heterocycles. The van der Waals surface area contributed by atoms with Crippen LogP contribution in [0.15, 0.2) is 53.0 Å². The van der Waals surface area contributed by atoms with Crippen LogP contribution in [0, 0.1) is 6.92 Å². The Morgan fingerprint density at radius 1 is 0.909 bits per heavy atom. The van der Waals surface area contributed by atoms with Crippen LogP contribution in [0.2, 0.25) is 0 Å². The summed E-state index contributed by atoms with van der Waals surface area (Å²) in [6, 6.07) is 17.9. The molecule has 3 heteroatoms. The summed E-state index contributed by atoms with van der Waals surface area (Å²) in [6.45, 7) is 2.17. The van der Waals surface area contributed by atoms with Gasteiger partial charge in [-0.25, -0.2) is 0 Å². The van der Waals surface area contributed by atoms with Crippen LogP contribution in [-0.2, 0) is 0 Å². The summed E-state index contributed by atoms with van der Waals surface area (Å²) in [6.07, 6.45) is 5.05. The van der Waals surface area contributed by atoms with E-state index in [4.69, 9.17) is 0 Å². The maximum atomic E-state index is 3.76. The Kier molecular flexibility index (Phi) is 5.04. The molecule has 2 N–H and O–H groups in total. The third-order valence-corrected chi connectivity index (χ3v) is 4.92. The largest absolute Gasteiger partial charge is 0.380 e. The molecule has 22 heavy (non-hydrogen) atoms. The molecule has 1 fully saturated rings. The molecule has 1 aliphatic rings. The fourth-order valence-corrected chi connectivity index (χ4v) is 3.60. The number of hydrogen-bond acceptors (Lipinski definition) is 2. The molecule has 1 aliphatic carbocycles. The highest BCUT2D eigenvalue weighted by Crippen LogP contribution is 2.27. The SMILES string of the molecule is Cc1ccccc1N[C@@H]1CCCC[C@H]1Nc1cccc(Br)c1. The molecule has 1 saturated carbocycles. The summed E-state index contributed by atoms with van der Waals surface area (Å²) in [5.41, 5.74) is 3.77. The van der Waals surface area contributed by atoms with Gasteiger partial charge in [-0.3, -0.25) is 0 Å². The fraction of sp³-hybridized carbons (Fsp3) is 0.368. The molecule has 0 amide bonds. The molecule has 2 aromatic carbocycles. The lowest BCUT2D eigenvalue weighted by molar-refractivity contribution is 0.424. The third-order valence-electron chi connectivity index (χ3n) is 4.43. The number of benzene rings is 2.